The second kappa shape index (κ2) is 5.62. The standard InChI is InChI=1S/C11H15BrClN/c1-3-4-8(2)14-9-5-6-10(12)11(13)7-9/h5-8,14H,3-4H2,1-2H3. The van der Waals surface area contributed by atoms with Crippen LogP contribution in [-0.2, 0) is 0 Å². The lowest BCUT2D eigenvalue weighted by atomic mass is 10.2. The van der Waals surface area contributed by atoms with Crippen molar-refractivity contribution in [3.8, 4) is 0 Å². The van der Waals surface area contributed by atoms with Gasteiger partial charge in [0.05, 0.1) is 5.02 Å². The number of anilines is 1. The largest absolute Gasteiger partial charge is 0.383 e. The fourth-order valence-corrected chi connectivity index (χ4v) is 1.80. The highest BCUT2D eigenvalue weighted by Crippen LogP contribution is 2.25. The normalized spacial score (nSPS) is 12.6. The summed E-state index contributed by atoms with van der Waals surface area (Å²) >= 11 is 9.35. The Kier molecular flexibility index (Phi) is 4.76. The maximum atomic E-state index is 5.99. The number of rotatable bonds is 4. The van der Waals surface area contributed by atoms with Gasteiger partial charge < -0.3 is 5.32 Å². The quantitative estimate of drug-likeness (QED) is 0.840. The van der Waals surface area contributed by atoms with Crippen LogP contribution in [0.4, 0.5) is 5.69 Å². The van der Waals surface area contributed by atoms with Crippen molar-refractivity contribution in [2.24, 2.45) is 0 Å². The monoisotopic (exact) mass is 275 g/mol. The first kappa shape index (κ1) is 11.9. The highest BCUT2D eigenvalue weighted by atomic mass is 79.9. The molecule has 0 saturated heterocycles. The summed E-state index contributed by atoms with van der Waals surface area (Å²) in [6.07, 6.45) is 2.37. The molecule has 0 aromatic heterocycles. The molecule has 0 fully saturated rings. The summed E-state index contributed by atoms with van der Waals surface area (Å²) in [6, 6.07) is 6.43. The smallest absolute Gasteiger partial charge is 0.0568 e. The van der Waals surface area contributed by atoms with Crippen molar-refractivity contribution in [3.63, 3.8) is 0 Å². The Bertz CT molecular complexity index is 301. The Hall–Kier alpha value is -0.210. The Morgan fingerprint density at radius 3 is 2.79 bits per heavy atom. The fourth-order valence-electron chi connectivity index (χ4n) is 1.38. The average Bonchev–Trinajstić information content (AvgIpc) is 2.12. The van der Waals surface area contributed by atoms with E-state index in [0.29, 0.717) is 6.04 Å². The van der Waals surface area contributed by atoms with Crippen LogP contribution in [0.2, 0.25) is 5.02 Å². The van der Waals surface area contributed by atoms with Crippen LogP contribution in [0.3, 0.4) is 0 Å². The number of hydrogen-bond donors (Lipinski definition) is 1. The molecule has 1 nitrogen and oxygen atoms in total. The number of hydrogen-bond acceptors (Lipinski definition) is 1. The van der Waals surface area contributed by atoms with Gasteiger partial charge in [-0.05, 0) is 47.5 Å². The molecule has 0 radical (unpaired) electrons. The van der Waals surface area contributed by atoms with Crippen molar-refractivity contribution in [2.45, 2.75) is 32.7 Å². The Balaban J connectivity index is 2.63. The van der Waals surface area contributed by atoms with Gasteiger partial charge in [0.25, 0.3) is 0 Å². The molecule has 78 valence electrons. The number of halogens is 2. The Morgan fingerprint density at radius 1 is 1.50 bits per heavy atom. The molecule has 14 heavy (non-hydrogen) atoms. The zero-order chi connectivity index (χ0) is 10.6. The summed E-state index contributed by atoms with van der Waals surface area (Å²) in [7, 11) is 0. The first-order valence-corrected chi connectivity index (χ1v) is 6.02. The maximum Gasteiger partial charge on any atom is 0.0568 e. The zero-order valence-corrected chi connectivity index (χ0v) is 10.8. The van der Waals surface area contributed by atoms with E-state index in [2.05, 4.69) is 35.1 Å². The van der Waals surface area contributed by atoms with Gasteiger partial charge in [0.15, 0.2) is 0 Å². The van der Waals surface area contributed by atoms with E-state index >= 15 is 0 Å². The van der Waals surface area contributed by atoms with E-state index in [9.17, 15) is 0 Å². The van der Waals surface area contributed by atoms with E-state index in [1.807, 2.05) is 18.2 Å². The van der Waals surface area contributed by atoms with Crippen LogP contribution in [0.5, 0.6) is 0 Å². The highest BCUT2D eigenvalue weighted by Gasteiger charge is 2.02. The van der Waals surface area contributed by atoms with Crippen LogP contribution in [0.15, 0.2) is 22.7 Å². The summed E-state index contributed by atoms with van der Waals surface area (Å²) in [4.78, 5) is 0. The third kappa shape index (κ3) is 3.50. The molecule has 0 spiro atoms. The highest BCUT2D eigenvalue weighted by molar-refractivity contribution is 9.10. The van der Waals surface area contributed by atoms with E-state index in [1.54, 1.807) is 0 Å². The molecular formula is C11H15BrClN. The molecule has 1 aromatic carbocycles. The molecule has 1 atom stereocenters. The van der Waals surface area contributed by atoms with Gasteiger partial charge in [-0.1, -0.05) is 24.9 Å². The molecule has 1 rings (SSSR count). The van der Waals surface area contributed by atoms with E-state index < -0.39 is 0 Å². The topological polar surface area (TPSA) is 12.0 Å². The molecule has 1 aromatic rings. The first-order chi connectivity index (χ1) is 6.63. The number of benzene rings is 1. The van der Waals surface area contributed by atoms with Gasteiger partial charge in [-0.15, -0.1) is 0 Å². The maximum absolute atomic E-state index is 5.99. The minimum Gasteiger partial charge on any atom is -0.383 e. The van der Waals surface area contributed by atoms with Gasteiger partial charge in [-0.25, -0.2) is 0 Å². The summed E-state index contributed by atoms with van der Waals surface area (Å²) in [5.74, 6) is 0. The van der Waals surface area contributed by atoms with E-state index in [0.717, 1.165) is 15.2 Å². The average molecular weight is 277 g/mol. The summed E-state index contributed by atoms with van der Waals surface area (Å²) in [6.45, 7) is 4.37. The molecule has 0 aliphatic rings. The molecule has 0 bridgehead atoms. The molecular weight excluding hydrogens is 261 g/mol. The molecule has 0 aliphatic heterocycles. The molecule has 0 heterocycles. The van der Waals surface area contributed by atoms with Crippen LogP contribution in [0, 0.1) is 0 Å². The SMILES string of the molecule is CCCC(C)Nc1ccc(Br)c(Cl)c1. The van der Waals surface area contributed by atoms with Crippen LogP contribution in [0.25, 0.3) is 0 Å². The van der Waals surface area contributed by atoms with Gasteiger partial charge in [0, 0.05) is 16.2 Å². The zero-order valence-electron chi connectivity index (χ0n) is 8.48. The van der Waals surface area contributed by atoms with Crippen LogP contribution in [0.1, 0.15) is 26.7 Å². The van der Waals surface area contributed by atoms with Gasteiger partial charge in [-0.3, -0.25) is 0 Å². The molecule has 1 N–H and O–H groups in total. The van der Waals surface area contributed by atoms with Gasteiger partial charge in [0.1, 0.15) is 0 Å². The number of nitrogens with one attached hydrogen (secondary N) is 1. The van der Waals surface area contributed by atoms with Crippen molar-refractivity contribution in [1.82, 2.24) is 0 Å². The van der Waals surface area contributed by atoms with Crippen molar-refractivity contribution < 1.29 is 0 Å². The van der Waals surface area contributed by atoms with Crippen molar-refractivity contribution in [2.75, 3.05) is 5.32 Å². The van der Waals surface area contributed by atoms with E-state index in [4.69, 9.17) is 11.6 Å². The third-order valence-electron chi connectivity index (χ3n) is 2.05. The fraction of sp³-hybridized carbons (Fsp3) is 0.455. The van der Waals surface area contributed by atoms with E-state index in [1.165, 1.54) is 12.8 Å². The molecule has 1 unspecified atom stereocenters. The summed E-state index contributed by atoms with van der Waals surface area (Å²) in [5, 5.41) is 4.15. The Morgan fingerprint density at radius 2 is 2.21 bits per heavy atom. The minimum atomic E-state index is 0.497. The summed E-state index contributed by atoms with van der Waals surface area (Å²) in [5.41, 5.74) is 1.08. The lowest BCUT2D eigenvalue weighted by Crippen LogP contribution is -2.14. The molecule has 0 aliphatic carbocycles. The van der Waals surface area contributed by atoms with Gasteiger partial charge in [0.2, 0.25) is 0 Å². The van der Waals surface area contributed by atoms with Gasteiger partial charge in [-0.2, -0.15) is 0 Å². The van der Waals surface area contributed by atoms with Crippen LogP contribution >= 0.6 is 27.5 Å². The van der Waals surface area contributed by atoms with Crippen molar-refractivity contribution >= 4 is 33.2 Å². The Labute approximate surface area is 99.0 Å². The lowest BCUT2D eigenvalue weighted by Gasteiger charge is -2.14. The van der Waals surface area contributed by atoms with Gasteiger partial charge >= 0.3 is 0 Å². The molecule has 0 amide bonds. The third-order valence-corrected chi connectivity index (χ3v) is 3.29. The van der Waals surface area contributed by atoms with Crippen LogP contribution < -0.4 is 5.32 Å². The van der Waals surface area contributed by atoms with Crippen LogP contribution in [-0.4, -0.2) is 6.04 Å². The first-order valence-electron chi connectivity index (χ1n) is 4.85. The summed E-state index contributed by atoms with van der Waals surface area (Å²) < 4.78 is 0.938. The predicted molar refractivity (Wildman–Crippen MR) is 67.1 cm³/mol. The van der Waals surface area contributed by atoms with E-state index in [-0.39, 0.29) is 0 Å². The molecule has 0 saturated carbocycles. The van der Waals surface area contributed by atoms with Crippen molar-refractivity contribution in [3.05, 3.63) is 27.7 Å². The minimum absolute atomic E-state index is 0.497. The second-order valence-electron chi connectivity index (χ2n) is 3.46. The second-order valence-corrected chi connectivity index (χ2v) is 4.72. The van der Waals surface area contributed by atoms with Crippen molar-refractivity contribution in [1.29, 1.82) is 0 Å². The molecule has 3 heteroatoms. The lowest BCUT2D eigenvalue weighted by molar-refractivity contribution is 0.690. The predicted octanol–water partition coefficient (Wildman–Crippen LogP) is 4.70.